The van der Waals surface area contributed by atoms with E-state index in [0.717, 1.165) is 11.8 Å². The summed E-state index contributed by atoms with van der Waals surface area (Å²) in [5, 5.41) is 3.85. The lowest BCUT2D eigenvalue weighted by molar-refractivity contribution is 0.448. The molecule has 110 valence electrons. The molecule has 3 rings (SSSR count). The number of hydrogen-bond donors (Lipinski definition) is 1. The molecule has 1 saturated carbocycles. The van der Waals surface area contributed by atoms with Crippen molar-refractivity contribution in [1.29, 1.82) is 0 Å². The maximum absolute atomic E-state index is 13.4. The number of pyridine rings is 1. The highest BCUT2D eigenvalue weighted by Gasteiger charge is 2.21. The van der Waals surface area contributed by atoms with E-state index in [-0.39, 0.29) is 5.82 Å². The molecule has 0 bridgehead atoms. The third kappa shape index (κ3) is 3.71. The van der Waals surface area contributed by atoms with Crippen LogP contribution in [0.4, 0.5) is 4.39 Å². The first kappa shape index (κ1) is 14.3. The Kier molecular flexibility index (Phi) is 4.08. The van der Waals surface area contributed by atoms with E-state index in [0.29, 0.717) is 34.8 Å². The highest BCUT2D eigenvalue weighted by molar-refractivity contribution is 6.32. The number of aromatic nitrogens is 1. The molecule has 0 atom stereocenters. The smallest absolute Gasteiger partial charge is 0.223 e. The number of hydrogen-bond acceptors (Lipinski definition) is 3. The lowest BCUT2D eigenvalue weighted by atomic mass is 10.2. The van der Waals surface area contributed by atoms with Gasteiger partial charge in [-0.3, -0.25) is 0 Å². The molecule has 1 aliphatic rings. The van der Waals surface area contributed by atoms with Gasteiger partial charge in [-0.15, -0.1) is 0 Å². The van der Waals surface area contributed by atoms with Crippen LogP contribution in [0.5, 0.6) is 11.6 Å². The zero-order valence-corrected chi connectivity index (χ0v) is 12.5. The van der Waals surface area contributed by atoms with Gasteiger partial charge in [-0.2, -0.15) is 0 Å². The maximum atomic E-state index is 13.4. The van der Waals surface area contributed by atoms with E-state index in [1.54, 1.807) is 6.07 Å². The summed E-state index contributed by atoms with van der Waals surface area (Å²) in [7, 11) is 0. The topological polar surface area (TPSA) is 34.1 Å². The van der Waals surface area contributed by atoms with Gasteiger partial charge < -0.3 is 10.1 Å². The molecule has 0 aliphatic heterocycles. The van der Waals surface area contributed by atoms with Crippen LogP contribution >= 0.6 is 11.6 Å². The molecule has 5 heteroatoms. The molecule has 1 fully saturated rings. The molecule has 0 saturated heterocycles. The van der Waals surface area contributed by atoms with Crippen LogP contribution in [-0.2, 0) is 6.54 Å². The number of nitrogens with one attached hydrogen (secondary N) is 1. The zero-order chi connectivity index (χ0) is 14.8. The summed E-state index contributed by atoms with van der Waals surface area (Å²) in [6.07, 6.45) is 3.49. The first-order chi connectivity index (χ1) is 10.1. The van der Waals surface area contributed by atoms with Crippen LogP contribution in [0.15, 0.2) is 30.5 Å². The van der Waals surface area contributed by atoms with Crippen molar-refractivity contribution >= 4 is 11.6 Å². The van der Waals surface area contributed by atoms with Crippen molar-refractivity contribution in [2.45, 2.75) is 32.4 Å². The van der Waals surface area contributed by atoms with E-state index >= 15 is 0 Å². The second-order valence-electron chi connectivity index (χ2n) is 5.31. The van der Waals surface area contributed by atoms with Gasteiger partial charge >= 0.3 is 0 Å². The molecule has 1 aromatic carbocycles. The Morgan fingerprint density at radius 3 is 2.90 bits per heavy atom. The highest BCUT2D eigenvalue weighted by Crippen LogP contribution is 2.31. The quantitative estimate of drug-likeness (QED) is 0.897. The molecule has 1 N–H and O–H groups in total. The molecule has 21 heavy (non-hydrogen) atoms. The lowest BCUT2D eigenvalue weighted by Crippen LogP contribution is -2.16. The van der Waals surface area contributed by atoms with Gasteiger partial charge in [0.15, 0.2) is 0 Å². The average Bonchev–Trinajstić information content (AvgIpc) is 3.26. The molecular formula is C16H16ClFN2O. The van der Waals surface area contributed by atoms with Gasteiger partial charge in [0, 0.05) is 18.2 Å². The van der Waals surface area contributed by atoms with Crippen LogP contribution in [0.1, 0.15) is 24.0 Å². The molecule has 0 radical (unpaired) electrons. The minimum Gasteiger partial charge on any atom is -0.437 e. The number of benzene rings is 1. The first-order valence-corrected chi connectivity index (χ1v) is 7.31. The van der Waals surface area contributed by atoms with E-state index in [4.69, 9.17) is 16.3 Å². The van der Waals surface area contributed by atoms with Gasteiger partial charge in [-0.05, 0) is 43.5 Å². The fourth-order valence-corrected chi connectivity index (χ4v) is 2.30. The Bertz CT molecular complexity index is 659. The number of rotatable bonds is 5. The summed E-state index contributed by atoms with van der Waals surface area (Å²) in [6.45, 7) is 2.49. The Labute approximate surface area is 128 Å². The number of aryl methyl sites for hydroxylation is 1. The zero-order valence-electron chi connectivity index (χ0n) is 11.7. The maximum Gasteiger partial charge on any atom is 0.223 e. The van der Waals surface area contributed by atoms with E-state index in [1.165, 1.54) is 18.9 Å². The van der Waals surface area contributed by atoms with Gasteiger partial charge in [0.1, 0.15) is 11.6 Å². The molecule has 1 aromatic heterocycles. The van der Waals surface area contributed by atoms with Crippen LogP contribution in [0.25, 0.3) is 0 Å². The molecule has 1 aliphatic carbocycles. The molecule has 2 aromatic rings. The Hall–Kier alpha value is -1.65. The van der Waals surface area contributed by atoms with Crippen molar-refractivity contribution in [3.05, 3.63) is 52.4 Å². The monoisotopic (exact) mass is 306 g/mol. The second kappa shape index (κ2) is 6.00. The van der Waals surface area contributed by atoms with Gasteiger partial charge in [0.25, 0.3) is 0 Å². The molecule has 3 nitrogen and oxygen atoms in total. The van der Waals surface area contributed by atoms with Crippen LogP contribution < -0.4 is 10.1 Å². The van der Waals surface area contributed by atoms with Crippen LogP contribution in [0.3, 0.4) is 0 Å². The summed E-state index contributed by atoms with van der Waals surface area (Å²) in [4.78, 5) is 4.04. The fourth-order valence-electron chi connectivity index (χ4n) is 2.02. The van der Waals surface area contributed by atoms with Gasteiger partial charge in [-0.1, -0.05) is 17.7 Å². The Morgan fingerprint density at radius 2 is 2.19 bits per heavy atom. The molecule has 0 amide bonds. The van der Waals surface area contributed by atoms with Gasteiger partial charge in [0.2, 0.25) is 5.88 Å². The van der Waals surface area contributed by atoms with E-state index in [2.05, 4.69) is 10.3 Å². The van der Waals surface area contributed by atoms with Crippen molar-refractivity contribution in [2.75, 3.05) is 0 Å². The van der Waals surface area contributed by atoms with Crippen LogP contribution in [0, 0.1) is 12.7 Å². The van der Waals surface area contributed by atoms with Crippen LogP contribution in [0.2, 0.25) is 5.02 Å². The van der Waals surface area contributed by atoms with Gasteiger partial charge in [0.05, 0.1) is 11.2 Å². The summed E-state index contributed by atoms with van der Waals surface area (Å²) in [5.74, 6) is 0.536. The standard InChI is InChI=1S/C16H16ClFN2O/c1-10-2-5-15(14(17)6-10)21-16-11(7-12(18)9-20-16)8-19-13-3-4-13/h2,5-7,9,13,19H,3-4,8H2,1H3. The van der Waals surface area contributed by atoms with Crippen molar-refractivity contribution in [3.8, 4) is 11.6 Å². The van der Waals surface area contributed by atoms with E-state index in [9.17, 15) is 4.39 Å². The lowest BCUT2D eigenvalue weighted by Gasteiger charge is -2.12. The van der Waals surface area contributed by atoms with Crippen molar-refractivity contribution in [3.63, 3.8) is 0 Å². The van der Waals surface area contributed by atoms with Crippen molar-refractivity contribution in [2.24, 2.45) is 0 Å². The van der Waals surface area contributed by atoms with Crippen LogP contribution in [-0.4, -0.2) is 11.0 Å². The normalized spacial score (nSPS) is 14.2. The highest BCUT2D eigenvalue weighted by atomic mass is 35.5. The molecule has 0 unspecified atom stereocenters. The third-order valence-electron chi connectivity index (χ3n) is 3.34. The Balaban J connectivity index is 1.82. The fraction of sp³-hybridized carbons (Fsp3) is 0.312. The number of ether oxygens (including phenoxy) is 1. The van der Waals surface area contributed by atoms with Crippen molar-refractivity contribution < 1.29 is 9.13 Å². The summed E-state index contributed by atoms with van der Waals surface area (Å²) in [5.41, 5.74) is 1.74. The largest absolute Gasteiger partial charge is 0.437 e. The predicted octanol–water partition coefficient (Wildman–Crippen LogP) is 4.23. The molecule has 1 heterocycles. The number of nitrogens with zero attached hydrogens (tertiary/aromatic N) is 1. The second-order valence-corrected chi connectivity index (χ2v) is 5.72. The predicted molar refractivity (Wildman–Crippen MR) is 80.3 cm³/mol. The molecule has 0 spiro atoms. The third-order valence-corrected chi connectivity index (χ3v) is 3.64. The number of halogens is 2. The summed E-state index contributed by atoms with van der Waals surface area (Å²) < 4.78 is 19.1. The van der Waals surface area contributed by atoms with E-state index < -0.39 is 0 Å². The van der Waals surface area contributed by atoms with Crippen molar-refractivity contribution in [1.82, 2.24) is 10.3 Å². The summed E-state index contributed by atoms with van der Waals surface area (Å²) >= 11 is 6.16. The van der Waals surface area contributed by atoms with Gasteiger partial charge in [-0.25, -0.2) is 9.37 Å². The average molecular weight is 307 g/mol. The summed E-state index contributed by atoms with van der Waals surface area (Å²) in [6, 6.07) is 7.50. The molecular weight excluding hydrogens is 291 g/mol. The Morgan fingerprint density at radius 1 is 1.38 bits per heavy atom. The minimum absolute atomic E-state index is 0.370. The minimum atomic E-state index is -0.370. The SMILES string of the molecule is Cc1ccc(Oc2ncc(F)cc2CNC2CC2)c(Cl)c1. The first-order valence-electron chi connectivity index (χ1n) is 6.93. The van der Waals surface area contributed by atoms with E-state index in [1.807, 2.05) is 19.1 Å².